The Labute approximate surface area is 118 Å². The maximum Gasteiger partial charge on any atom is 0.348 e. The third-order valence-corrected chi connectivity index (χ3v) is 15.3. The molecule has 0 aliphatic carbocycles. The van der Waals surface area contributed by atoms with Crippen LogP contribution in [0.1, 0.15) is 12.8 Å². The zero-order chi connectivity index (χ0) is 14.1. The van der Waals surface area contributed by atoms with Crippen LogP contribution in [-0.4, -0.2) is 32.3 Å². The van der Waals surface area contributed by atoms with Gasteiger partial charge in [-0.3, -0.25) is 0 Å². The molecule has 2 rings (SSSR count). The molecule has 7 heteroatoms. The first kappa shape index (κ1) is 14.9. The van der Waals surface area contributed by atoms with E-state index in [9.17, 15) is 0 Å². The van der Waals surface area contributed by atoms with E-state index < -0.39 is 25.7 Å². The minimum atomic E-state index is -2.45. The summed E-state index contributed by atoms with van der Waals surface area (Å²) in [5.74, 6) is 0.997. The van der Waals surface area contributed by atoms with E-state index in [1.165, 1.54) is 0 Å². The van der Waals surface area contributed by atoms with E-state index in [-0.39, 0.29) is 0 Å². The van der Waals surface area contributed by atoms with Crippen LogP contribution >= 0.6 is 0 Å². The molecule has 106 valence electrons. The lowest BCUT2D eigenvalue weighted by atomic mass is 10.3. The van der Waals surface area contributed by atoms with E-state index in [2.05, 4.69) is 18.9 Å². The lowest BCUT2D eigenvalue weighted by Gasteiger charge is -2.46. The van der Waals surface area contributed by atoms with Crippen molar-refractivity contribution in [3.05, 3.63) is 36.0 Å². The molecular weight excluding hydrogens is 292 g/mol. The van der Waals surface area contributed by atoms with E-state index in [1.807, 2.05) is 31.0 Å². The SMILES string of the molecule is C=C[Si]1(C)O[Si](C)(C=C)O[Si](C)(/C=C2/CCCO2)O1. The van der Waals surface area contributed by atoms with Crippen LogP contribution in [0.15, 0.2) is 36.0 Å². The molecule has 2 aliphatic heterocycles. The van der Waals surface area contributed by atoms with Crippen LogP contribution in [0.4, 0.5) is 0 Å². The summed E-state index contributed by atoms with van der Waals surface area (Å²) < 4.78 is 24.1. The van der Waals surface area contributed by atoms with Gasteiger partial charge in [-0.2, -0.15) is 0 Å². The molecule has 0 bridgehead atoms. The second-order valence-electron chi connectivity index (χ2n) is 5.32. The molecule has 2 unspecified atom stereocenters. The Hall–Kier alpha value is -0.449. The van der Waals surface area contributed by atoms with Gasteiger partial charge in [-0.1, -0.05) is 11.4 Å². The molecule has 2 atom stereocenters. The van der Waals surface area contributed by atoms with Crippen LogP contribution in [0.25, 0.3) is 0 Å². The van der Waals surface area contributed by atoms with Gasteiger partial charge in [-0.15, -0.1) is 13.2 Å². The summed E-state index contributed by atoms with van der Waals surface area (Å²) in [6, 6.07) is 0. The van der Waals surface area contributed by atoms with Crippen LogP contribution in [0.3, 0.4) is 0 Å². The van der Waals surface area contributed by atoms with Crippen LogP contribution in [0, 0.1) is 0 Å². The van der Waals surface area contributed by atoms with Gasteiger partial charge in [0.25, 0.3) is 0 Å². The molecule has 2 fully saturated rings. The minimum Gasteiger partial charge on any atom is -0.498 e. The average molecular weight is 315 g/mol. The highest BCUT2D eigenvalue weighted by Crippen LogP contribution is 2.33. The summed E-state index contributed by atoms with van der Waals surface area (Å²) in [7, 11) is -7.21. The Morgan fingerprint density at radius 2 is 1.47 bits per heavy atom. The topological polar surface area (TPSA) is 36.9 Å². The highest BCUT2D eigenvalue weighted by atomic mass is 28.5. The monoisotopic (exact) mass is 314 g/mol. The Kier molecular flexibility index (Phi) is 4.05. The first-order chi connectivity index (χ1) is 8.82. The Morgan fingerprint density at radius 1 is 0.947 bits per heavy atom. The second-order valence-corrected chi connectivity index (χ2v) is 15.0. The molecule has 0 aromatic carbocycles. The molecule has 2 heterocycles. The third-order valence-electron chi connectivity index (χ3n) is 3.24. The molecule has 0 aromatic rings. The Balaban J connectivity index is 2.30. The molecule has 0 saturated carbocycles. The molecule has 0 amide bonds. The van der Waals surface area contributed by atoms with E-state index in [0.717, 1.165) is 25.2 Å². The number of rotatable bonds is 3. The van der Waals surface area contributed by atoms with Crippen molar-refractivity contribution in [1.29, 1.82) is 0 Å². The largest absolute Gasteiger partial charge is 0.498 e. The summed E-state index contributed by atoms with van der Waals surface area (Å²) in [4.78, 5) is 0. The molecule has 19 heavy (non-hydrogen) atoms. The Morgan fingerprint density at radius 3 is 1.89 bits per heavy atom. The number of hydrogen-bond acceptors (Lipinski definition) is 4. The first-order valence-corrected chi connectivity index (χ1v) is 13.7. The van der Waals surface area contributed by atoms with Gasteiger partial charge in [0.1, 0.15) is 0 Å². The fraction of sp³-hybridized carbons (Fsp3) is 0.500. The van der Waals surface area contributed by atoms with Gasteiger partial charge >= 0.3 is 25.7 Å². The van der Waals surface area contributed by atoms with Crippen LogP contribution < -0.4 is 0 Å². The van der Waals surface area contributed by atoms with Crippen molar-refractivity contribution in [2.45, 2.75) is 32.5 Å². The van der Waals surface area contributed by atoms with Gasteiger partial charge in [0.2, 0.25) is 0 Å². The molecule has 2 saturated heterocycles. The quantitative estimate of drug-likeness (QED) is 0.751. The van der Waals surface area contributed by atoms with E-state index in [1.54, 1.807) is 0 Å². The van der Waals surface area contributed by atoms with Gasteiger partial charge in [0.15, 0.2) is 0 Å². The van der Waals surface area contributed by atoms with Crippen LogP contribution in [-0.2, 0) is 17.1 Å². The second kappa shape index (κ2) is 5.15. The Bertz CT molecular complexity index is 395. The first-order valence-electron chi connectivity index (χ1n) is 6.54. The fourth-order valence-electron chi connectivity index (χ4n) is 2.42. The maximum absolute atomic E-state index is 6.22. The lowest BCUT2D eigenvalue weighted by Crippen LogP contribution is -2.66. The summed E-state index contributed by atoms with van der Waals surface area (Å²) in [6.07, 6.45) is 2.04. The van der Waals surface area contributed by atoms with Crippen molar-refractivity contribution < 1.29 is 17.1 Å². The van der Waals surface area contributed by atoms with Crippen molar-refractivity contribution in [3.8, 4) is 0 Å². The van der Waals surface area contributed by atoms with Crippen molar-refractivity contribution in [2.75, 3.05) is 6.61 Å². The predicted octanol–water partition coefficient (Wildman–Crippen LogP) is 2.95. The molecule has 0 radical (unpaired) electrons. The zero-order valence-electron chi connectivity index (χ0n) is 11.9. The molecule has 0 aromatic heterocycles. The van der Waals surface area contributed by atoms with Crippen molar-refractivity contribution >= 4 is 25.7 Å². The van der Waals surface area contributed by atoms with Crippen molar-refractivity contribution in [1.82, 2.24) is 0 Å². The minimum absolute atomic E-state index is 0.791. The molecule has 4 nitrogen and oxygen atoms in total. The summed E-state index contributed by atoms with van der Waals surface area (Å²) >= 11 is 0. The molecule has 2 aliphatic rings. The normalized spacial score (nSPS) is 44.9. The zero-order valence-corrected chi connectivity index (χ0v) is 14.9. The highest BCUT2D eigenvalue weighted by molar-refractivity contribution is 6.98. The van der Waals surface area contributed by atoms with Crippen LogP contribution in [0.2, 0.25) is 19.6 Å². The average Bonchev–Trinajstić information content (AvgIpc) is 2.79. The molecule has 0 N–H and O–H groups in total. The standard InChI is InChI=1S/C12H22O4Si3/c1-6-17(3)14-18(4,7-2)16-19(5,15-17)11-12-9-8-10-13-12/h6-7,11H,1-2,8-10H2,3-5H3/b12-11-. The van der Waals surface area contributed by atoms with Crippen LogP contribution in [0.5, 0.6) is 0 Å². The summed E-state index contributed by atoms with van der Waals surface area (Å²) in [5.41, 5.74) is 5.72. The van der Waals surface area contributed by atoms with Gasteiger partial charge in [0, 0.05) is 6.42 Å². The summed E-state index contributed by atoms with van der Waals surface area (Å²) in [5, 5.41) is 0. The number of ether oxygens (including phenoxy) is 1. The smallest absolute Gasteiger partial charge is 0.348 e. The molecular formula is C12H22O4Si3. The highest BCUT2D eigenvalue weighted by Gasteiger charge is 2.54. The van der Waals surface area contributed by atoms with Gasteiger partial charge in [0.05, 0.1) is 12.4 Å². The summed E-state index contributed by atoms with van der Waals surface area (Å²) in [6.45, 7) is 14.6. The predicted molar refractivity (Wildman–Crippen MR) is 81.8 cm³/mol. The van der Waals surface area contributed by atoms with Crippen molar-refractivity contribution in [2.24, 2.45) is 0 Å². The third kappa shape index (κ3) is 3.36. The van der Waals surface area contributed by atoms with Crippen molar-refractivity contribution in [3.63, 3.8) is 0 Å². The number of hydrogen-bond donors (Lipinski definition) is 0. The van der Waals surface area contributed by atoms with Gasteiger partial charge < -0.3 is 17.1 Å². The number of allylic oxidation sites excluding steroid dienone is 1. The van der Waals surface area contributed by atoms with E-state index in [0.29, 0.717) is 0 Å². The molecule has 0 spiro atoms. The maximum atomic E-state index is 6.22. The van der Waals surface area contributed by atoms with E-state index in [4.69, 9.17) is 17.1 Å². The lowest BCUT2D eigenvalue weighted by molar-refractivity contribution is 0.242. The van der Waals surface area contributed by atoms with Gasteiger partial charge in [-0.25, -0.2) is 0 Å². The van der Waals surface area contributed by atoms with E-state index >= 15 is 0 Å². The van der Waals surface area contributed by atoms with Gasteiger partial charge in [-0.05, 0) is 31.8 Å². The fourth-order valence-corrected chi connectivity index (χ4v) is 16.3.